The average Bonchev–Trinajstić information content (AvgIpc) is 2.81. The molecule has 116 valence electrons. The van der Waals surface area contributed by atoms with Gasteiger partial charge in [-0.25, -0.2) is 4.79 Å². The Bertz CT molecular complexity index is 760. The summed E-state index contributed by atoms with van der Waals surface area (Å²) in [6.45, 7) is 3.41. The predicted octanol–water partition coefficient (Wildman–Crippen LogP) is 2.59. The summed E-state index contributed by atoms with van der Waals surface area (Å²) in [6, 6.07) is 12.5. The van der Waals surface area contributed by atoms with Crippen molar-refractivity contribution in [3.05, 3.63) is 65.2 Å². The fourth-order valence-electron chi connectivity index (χ4n) is 2.47. The maximum atomic E-state index is 12.3. The second-order valence-corrected chi connectivity index (χ2v) is 5.44. The number of aryl methyl sites for hydroxylation is 1. The van der Waals surface area contributed by atoms with E-state index < -0.39 is 23.8 Å². The van der Waals surface area contributed by atoms with Crippen LogP contribution in [0, 0.1) is 6.92 Å². The maximum Gasteiger partial charge on any atom is 0.334 e. The van der Waals surface area contributed by atoms with Gasteiger partial charge in [-0.2, -0.15) is 0 Å². The normalized spacial score (nSPS) is 14.6. The maximum absolute atomic E-state index is 12.3. The van der Waals surface area contributed by atoms with Crippen LogP contribution in [0.15, 0.2) is 48.5 Å². The van der Waals surface area contributed by atoms with Gasteiger partial charge in [0.15, 0.2) is 0 Å². The summed E-state index contributed by atoms with van der Waals surface area (Å²) in [4.78, 5) is 37.9. The number of imide groups is 1. The summed E-state index contributed by atoms with van der Waals surface area (Å²) in [5.74, 6) is -1.22. The molecule has 0 N–H and O–H groups in total. The standard InChI is InChI=1S/C18H15NO4/c1-11-7-9-13(10-8-11)23-18(22)12(2)19-16(20)14-5-3-4-6-15(14)17(19)21/h3-10,12H,1-2H3/t12-/m0/s1. The number of ether oxygens (including phenoxy) is 1. The van der Waals surface area contributed by atoms with Crippen LogP contribution in [0.4, 0.5) is 0 Å². The summed E-state index contributed by atoms with van der Waals surface area (Å²) < 4.78 is 5.25. The highest BCUT2D eigenvalue weighted by Gasteiger charge is 2.41. The molecular formula is C18H15NO4. The van der Waals surface area contributed by atoms with Crippen LogP contribution >= 0.6 is 0 Å². The van der Waals surface area contributed by atoms with Gasteiger partial charge in [0.1, 0.15) is 11.8 Å². The number of benzene rings is 2. The number of amides is 2. The van der Waals surface area contributed by atoms with Crippen LogP contribution in [-0.2, 0) is 4.79 Å². The molecule has 5 heteroatoms. The van der Waals surface area contributed by atoms with Gasteiger partial charge in [-0.3, -0.25) is 14.5 Å². The molecule has 1 aliphatic rings. The lowest BCUT2D eigenvalue weighted by molar-refractivity contribution is -0.138. The molecule has 0 radical (unpaired) electrons. The van der Waals surface area contributed by atoms with Crippen molar-refractivity contribution < 1.29 is 19.1 Å². The molecule has 5 nitrogen and oxygen atoms in total. The Morgan fingerprint density at radius 2 is 1.48 bits per heavy atom. The second kappa shape index (κ2) is 5.68. The van der Waals surface area contributed by atoms with Crippen molar-refractivity contribution >= 4 is 17.8 Å². The number of carbonyl (C=O) groups excluding carboxylic acids is 3. The summed E-state index contributed by atoms with van der Waals surface area (Å²) in [5.41, 5.74) is 1.66. The zero-order valence-corrected chi connectivity index (χ0v) is 12.8. The van der Waals surface area contributed by atoms with E-state index >= 15 is 0 Å². The SMILES string of the molecule is Cc1ccc(OC(=O)[C@H](C)N2C(=O)c3ccccc3C2=O)cc1. The monoisotopic (exact) mass is 309 g/mol. The molecule has 1 atom stereocenters. The Kier molecular flexibility index (Phi) is 3.70. The number of nitrogens with zero attached hydrogens (tertiary/aromatic N) is 1. The van der Waals surface area contributed by atoms with E-state index in [0.29, 0.717) is 16.9 Å². The van der Waals surface area contributed by atoms with Gasteiger partial charge < -0.3 is 4.74 Å². The van der Waals surface area contributed by atoms with Gasteiger partial charge in [0.2, 0.25) is 0 Å². The highest BCUT2D eigenvalue weighted by atomic mass is 16.5. The molecule has 1 aliphatic heterocycles. The molecule has 3 rings (SSSR count). The van der Waals surface area contributed by atoms with Crippen LogP contribution in [0.3, 0.4) is 0 Å². The van der Waals surface area contributed by atoms with Crippen molar-refractivity contribution in [2.24, 2.45) is 0 Å². The fourth-order valence-corrected chi connectivity index (χ4v) is 2.47. The van der Waals surface area contributed by atoms with E-state index in [0.717, 1.165) is 10.5 Å². The third kappa shape index (κ3) is 2.61. The first-order chi connectivity index (χ1) is 11.0. The van der Waals surface area contributed by atoms with E-state index in [-0.39, 0.29) is 0 Å². The molecule has 0 spiro atoms. The molecule has 0 bridgehead atoms. The smallest absolute Gasteiger partial charge is 0.334 e. The third-order valence-corrected chi connectivity index (χ3v) is 3.79. The second-order valence-electron chi connectivity index (χ2n) is 5.44. The van der Waals surface area contributed by atoms with E-state index in [2.05, 4.69) is 0 Å². The van der Waals surface area contributed by atoms with Gasteiger partial charge in [-0.15, -0.1) is 0 Å². The summed E-state index contributed by atoms with van der Waals surface area (Å²) in [5, 5.41) is 0. The number of rotatable bonds is 3. The van der Waals surface area contributed by atoms with Crippen LogP contribution in [0.1, 0.15) is 33.2 Å². The van der Waals surface area contributed by atoms with Crippen LogP contribution in [0.25, 0.3) is 0 Å². The first kappa shape index (κ1) is 15.0. The first-order valence-corrected chi connectivity index (χ1v) is 7.24. The van der Waals surface area contributed by atoms with E-state index in [1.807, 2.05) is 19.1 Å². The highest BCUT2D eigenvalue weighted by molar-refractivity contribution is 6.22. The Labute approximate surface area is 133 Å². The molecule has 2 amide bonds. The molecule has 1 heterocycles. The Hall–Kier alpha value is -2.95. The zero-order chi connectivity index (χ0) is 16.6. The minimum atomic E-state index is -0.997. The molecule has 2 aromatic rings. The first-order valence-electron chi connectivity index (χ1n) is 7.24. The quantitative estimate of drug-likeness (QED) is 0.496. The number of hydrogen-bond donors (Lipinski definition) is 0. The van der Waals surface area contributed by atoms with Crippen molar-refractivity contribution in [2.45, 2.75) is 19.9 Å². The van der Waals surface area contributed by atoms with E-state index in [1.54, 1.807) is 36.4 Å². The Morgan fingerprint density at radius 3 is 2.00 bits per heavy atom. The van der Waals surface area contributed by atoms with Crippen LogP contribution < -0.4 is 4.74 Å². The lowest BCUT2D eigenvalue weighted by atomic mass is 10.1. The van der Waals surface area contributed by atoms with Gasteiger partial charge in [0.25, 0.3) is 11.8 Å². The summed E-state index contributed by atoms with van der Waals surface area (Å²) in [6.07, 6.45) is 0. The van der Waals surface area contributed by atoms with Gasteiger partial charge in [0, 0.05) is 0 Å². The molecular weight excluding hydrogens is 294 g/mol. The van der Waals surface area contributed by atoms with Gasteiger partial charge in [-0.05, 0) is 38.1 Å². The lowest BCUT2D eigenvalue weighted by Crippen LogP contribution is -2.44. The number of hydrogen-bond acceptors (Lipinski definition) is 4. The molecule has 0 unspecified atom stereocenters. The van der Waals surface area contributed by atoms with E-state index in [1.165, 1.54) is 6.92 Å². The molecule has 0 saturated heterocycles. The minimum Gasteiger partial charge on any atom is -0.425 e. The molecule has 0 saturated carbocycles. The lowest BCUT2D eigenvalue weighted by Gasteiger charge is -2.20. The van der Waals surface area contributed by atoms with Gasteiger partial charge >= 0.3 is 5.97 Å². The average molecular weight is 309 g/mol. The van der Waals surface area contributed by atoms with Crippen molar-refractivity contribution in [3.63, 3.8) is 0 Å². The molecule has 23 heavy (non-hydrogen) atoms. The van der Waals surface area contributed by atoms with Crippen LogP contribution in [0.5, 0.6) is 5.75 Å². The van der Waals surface area contributed by atoms with Crippen LogP contribution in [-0.4, -0.2) is 28.7 Å². The number of esters is 1. The van der Waals surface area contributed by atoms with E-state index in [4.69, 9.17) is 4.74 Å². The number of fused-ring (bicyclic) bond motifs is 1. The van der Waals surface area contributed by atoms with Crippen LogP contribution in [0.2, 0.25) is 0 Å². The van der Waals surface area contributed by atoms with Gasteiger partial charge in [-0.1, -0.05) is 29.8 Å². The predicted molar refractivity (Wildman–Crippen MR) is 83.2 cm³/mol. The third-order valence-electron chi connectivity index (χ3n) is 3.79. The topological polar surface area (TPSA) is 63.7 Å². The molecule has 2 aromatic carbocycles. The largest absolute Gasteiger partial charge is 0.425 e. The zero-order valence-electron chi connectivity index (χ0n) is 12.8. The Morgan fingerprint density at radius 1 is 0.957 bits per heavy atom. The van der Waals surface area contributed by atoms with Crippen molar-refractivity contribution in [1.82, 2.24) is 4.90 Å². The summed E-state index contributed by atoms with van der Waals surface area (Å²) in [7, 11) is 0. The molecule has 0 aliphatic carbocycles. The van der Waals surface area contributed by atoms with Gasteiger partial charge in [0.05, 0.1) is 11.1 Å². The van der Waals surface area contributed by atoms with E-state index in [9.17, 15) is 14.4 Å². The highest BCUT2D eigenvalue weighted by Crippen LogP contribution is 2.25. The van der Waals surface area contributed by atoms with Crippen molar-refractivity contribution in [1.29, 1.82) is 0 Å². The molecule has 0 fully saturated rings. The van der Waals surface area contributed by atoms with Crippen molar-refractivity contribution in [3.8, 4) is 5.75 Å². The fraction of sp³-hybridized carbons (Fsp3) is 0.167. The van der Waals surface area contributed by atoms with Crippen molar-refractivity contribution in [2.75, 3.05) is 0 Å². The molecule has 0 aromatic heterocycles. The minimum absolute atomic E-state index is 0.312. The Balaban J connectivity index is 1.79. The summed E-state index contributed by atoms with van der Waals surface area (Å²) >= 11 is 0. The number of carbonyl (C=O) groups is 3.